The largest absolute Gasteiger partial charge is 0.611 e. The van der Waals surface area contributed by atoms with Gasteiger partial charge in [-0.2, -0.15) is 0 Å². The molecule has 3 rings (SSSR count). The van der Waals surface area contributed by atoms with Gasteiger partial charge in [0.25, 0.3) is 0 Å². The Morgan fingerprint density at radius 2 is 1.64 bits per heavy atom. The number of hydrogen-bond donors (Lipinski definition) is 0. The first-order valence-electron chi connectivity index (χ1n) is 6.94. The summed E-state index contributed by atoms with van der Waals surface area (Å²) in [4.78, 5) is 0.653. The van der Waals surface area contributed by atoms with Crippen LogP contribution in [0.3, 0.4) is 0 Å². The Bertz CT molecular complexity index is 811. The Balaban J connectivity index is 1.80. The highest BCUT2D eigenvalue weighted by Gasteiger charge is 2.15. The molecule has 3 heteroatoms. The van der Waals surface area contributed by atoms with E-state index in [0.717, 1.165) is 16.5 Å². The number of hydrogen-bond acceptors (Lipinski definition) is 1. The summed E-state index contributed by atoms with van der Waals surface area (Å²) >= 11 is 4.71. The van der Waals surface area contributed by atoms with Crippen LogP contribution in [0.1, 0.15) is 11.1 Å². The van der Waals surface area contributed by atoms with E-state index in [1.807, 2.05) is 60.7 Å². The van der Waals surface area contributed by atoms with Crippen molar-refractivity contribution in [2.45, 2.75) is 5.75 Å². The predicted molar refractivity (Wildman–Crippen MR) is 96.3 cm³/mol. The van der Waals surface area contributed by atoms with Crippen molar-refractivity contribution in [1.82, 2.24) is 0 Å². The standard InChI is InChI=1S/C19H15ClOS/c1-14(22(21)13-15-6-10-19(20)11-7-15)17-9-8-16-4-2-3-5-18(16)12-17/h2-12H,1,13H2. The first-order valence-corrected chi connectivity index (χ1v) is 8.64. The molecule has 0 amide bonds. The SMILES string of the molecule is C=C(c1ccc2ccccc2c1)[S+]([O-])Cc1ccc(Cl)cc1. The number of fused-ring (bicyclic) bond motifs is 1. The molecule has 0 fully saturated rings. The van der Waals surface area contributed by atoms with Gasteiger partial charge in [0.1, 0.15) is 5.75 Å². The summed E-state index contributed by atoms with van der Waals surface area (Å²) in [6, 6.07) is 21.6. The highest BCUT2D eigenvalue weighted by Crippen LogP contribution is 2.26. The first-order chi connectivity index (χ1) is 10.6. The van der Waals surface area contributed by atoms with Crippen LogP contribution in [0.15, 0.2) is 73.3 Å². The summed E-state index contributed by atoms with van der Waals surface area (Å²) in [7, 11) is 0. The molecule has 0 spiro atoms. The summed E-state index contributed by atoms with van der Waals surface area (Å²) in [6.07, 6.45) is 0. The number of halogens is 1. The Morgan fingerprint density at radius 3 is 2.36 bits per heavy atom. The van der Waals surface area contributed by atoms with E-state index in [2.05, 4.69) is 12.6 Å². The number of benzene rings is 3. The minimum absolute atomic E-state index is 0.447. The van der Waals surface area contributed by atoms with Gasteiger partial charge in [-0.1, -0.05) is 54.1 Å². The average Bonchev–Trinajstić information content (AvgIpc) is 2.55. The summed E-state index contributed by atoms with van der Waals surface area (Å²) in [5.41, 5.74) is 1.91. The summed E-state index contributed by atoms with van der Waals surface area (Å²) < 4.78 is 12.5. The molecular formula is C19H15ClOS. The smallest absolute Gasteiger partial charge is 0.153 e. The van der Waals surface area contributed by atoms with Crippen LogP contribution in [-0.4, -0.2) is 4.55 Å². The lowest BCUT2D eigenvalue weighted by Gasteiger charge is -2.13. The van der Waals surface area contributed by atoms with E-state index in [-0.39, 0.29) is 0 Å². The van der Waals surface area contributed by atoms with E-state index in [1.54, 1.807) is 0 Å². The third-order valence-electron chi connectivity index (χ3n) is 3.56. The topological polar surface area (TPSA) is 23.1 Å². The lowest BCUT2D eigenvalue weighted by Crippen LogP contribution is -2.06. The van der Waals surface area contributed by atoms with Crippen molar-refractivity contribution in [3.8, 4) is 0 Å². The van der Waals surface area contributed by atoms with E-state index < -0.39 is 11.2 Å². The Labute approximate surface area is 138 Å². The Hall–Kier alpha value is -1.74. The molecule has 0 N–H and O–H groups in total. The normalized spacial score (nSPS) is 12.3. The average molecular weight is 327 g/mol. The van der Waals surface area contributed by atoms with Crippen molar-refractivity contribution in [3.63, 3.8) is 0 Å². The quantitative estimate of drug-likeness (QED) is 0.588. The summed E-state index contributed by atoms with van der Waals surface area (Å²) in [5, 5.41) is 2.98. The molecule has 0 radical (unpaired) electrons. The van der Waals surface area contributed by atoms with Crippen molar-refractivity contribution < 1.29 is 4.55 Å². The van der Waals surface area contributed by atoms with Crippen LogP contribution in [0.5, 0.6) is 0 Å². The molecular weight excluding hydrogens is 312 g/mol. The third kappa shape index (κ3) is 3.36. The molecule has 1 nitrogen and oxygen atoms in total. The van der Waals surface area contributed by atoms with Crippen LogP contribution >= 0.6 is 11.6 Å². The second-order valence-corrected chi connectivity index (χ2v) is 7.01. The van der Waals surface area contributed by atoms with Gasteiger partial charge in [-0.3, -0.25) is 0 Å². The van der Waals surface area contributed by atoms with Crippen molar-refractivity contribution in [2.75, 3.05) is 0 Å². The van der Waals surface area contributed by atoms with Gasteiger partial charge in [0, 0.05) is 16.1 Å². The first kappa shape index (κ1) is 15.2. The van der Waals surface area contributed by atoms with Gasteiger partial charge in [0.15, 0.2) is 4.91 Å². The Kier molecular flexibility index (Phi) is 4.53. The summed E-state index contributed by atoms with van der Waals surface area (Å²) in [6.45, 7) is 4.02. The maximum Gasteiger partial charge on any atom is 0.153 e. The van der Waals surface area contributed by atoms with Crippen LogP contribution in [0.25, 0.3) is 15.7 Å². The maximum absolute atomic E-state index is 12.5. The van der Waals surface area contributed by atoms with Crippen LogP contribution in [0, 0.1) is 0 Å². The Morgan fingerprint density at radius 1 is 0.955 bits per heavy atom. The highest BCUT2D eigenvalue weighted by molar-refractivity contribution is 7.99. The van der Waals surface area contributed by atoms with Crippen molar-refractivity contribution >= 4 is 38.5 Å². The fourth-order valence-electron chi connectivity index (χ4n) is 2.31. The maximum atomic E-state index is 12.5. The zero-order chi connectivity index (χ0) is 15.5. The van der Waals surface area contributed by atoms with Gasteiger partial charge in [-0.15, -0.1) is 0 Å². The van der Waals surface area contributed by atoms with E-state index in [4.69, 9.17) is 11.6 Å². The predicted octanol–water partition coefficient (Wildman–Crippen LogP) is 5.41. The van der Waals surface area contributed by atoms with Gasteiger partial charge in [0.05, 0.1) is 0 Å². The number of rotatable bonds is 4. The molecule has 110 valence electrons. The fraction of sp³-hybridized carbons (Fsp3) is 0.0526. The summed E-state index contributed by atoms with van der Waals surface area (Å²) in [5.74, 6) is 0.447. The second-order valence-electron chi connectivity index (χ2n) is 5.10. The van der Waals surface area contributed by atoms with Crippen molar-refractivity contribution in [3.05, 3.63) is 89.5 Å². The third-order valence-corrected chi connectivity index (χ3v) is 5.19. The molecule has 0 aliphatic carbocycles. The minimum Gasteiger partial charge on any atom is -0.611 e. The molecule has 0 aliphatic heterocycles. The monoisotopic (exact) mass is 326 g/mol. The van der Waals surface area contributed by atoms with Crippen LogP contribution < -0.4 is 0 Å². The van der Waals surface area contributed by atoms with Crippen molar-refractivity contribution in [1.29, 1.82) is 0 Å². The molecule has 1 atom stereocenters. The van der Waals surface area contributed by atoms with E-state index in [9.17, 15) is 4.55 Å². The molecule has 0 heterocycles. The van der Waals surface area contributed by atoms with Gasteiger partial charge >= 0.3 is 0 Å². The van der Waals surface area contributed by atoms with Gasteiger partial charge in [-0.25, -0.2) is 0 Å². The molecule has 3 aromatic carbocycles. The molecule has 22 heavy (non-hydrogen) atoms. The van der Waals surface area contributed by atoms with E-state index in [0.29, 0.717) is 15.7 Å². The molecule has 0 saturated carbocycles. The fourth-order valence-corrected chi connectivity index (χ4v) is 3.50. The van der Waals surface area contributed by atoms with Gasteiger partial charge in [0.2, 0.25) is 0 Å². The molecule has 0 aromatic heterocycles. The molecule has 1 unspecified atom stereocenters. The highest BCUT2D eigenvalue weighted by atomic mass is 35.5. The van der Waals surface area contributed by atoms with Crippen LogP contribution in [-0.2, 0) is 16.9 Å². The zero-order valence-corrected chi connectivity index (χ0v) is 13.5. The van der Waals surface area contributed by atoms with Crippen LogP contribution in [0.4, 0.5) is 0 Å². The minimum atomic E-state index is -1.15. The molecule has 3 aromatic rings. The second kappa shape index (κ2) is 6.57. The lowest BCUT2D eigenvalue weighted by molar-refractivity contribution is 0.604. The molecule has 0 bridgehead atoms. The zero-order valence-electron chi connectivity index (χ0n) is 12.0. The molecule has 0 aliphatic rings. The van der Waals surface area contributed by atoms with Gasteiger partial charge < -0.3 is 4.55 Å². The molecule has 0 saturated heterocycles. The van der Waals surface area contributed by atoms with Crippen molar-refractivity contribution in [2.24, 2.45) is 0 Å². The lowest BCUT2D eigenvalue weighted by atomic mass is 10.1. The van der Waals surface area contributed by atoms with Gasteiger partial charge in [-0.05, 0) is 52.8 Å². The van der Waals surface area contributed by atoms with Crippen LogP contribution in [0.2, 0.25) is 5.02 Å². The van der Waals surface area contributed by atoms with E-state index >= 15 is 0 Å². The van der Waals surface area contributed by atoms with E-state index in [1.165, 1.54) is 5.39 Å².